The zero-order valence-corrected chi connectivity index (χ0v) is 12.8. The number of aldehydes is 1. The first-order valence-corrected chi connectivity index (χ1v) is 7.73. The predicted molar refractivity (Wildman–Crippen MR) is 79.3 cm³/mol. The number of nitro benzene ring substituents is 1. The first-order valence-electron chi connectivity index (χ1n) is 6.24. The molecule has 10 heteroatoms. The third kappa shape index (κ3) is 4.69. The number of aliphatic carboxylic acids is 1. The van der Waals surface area contributed by atoms with E-state index in [9.17, 15) is 33.2 Å². The second-order valence-corrected chi connectivity index (χ2v) is 6.44. The Morgan fingerprint density at radius 3 is 2.39 bits per heavy atom. The van der Waals surface area contributed by atoms with Gasteiger partial charge >= 0.3 is 5.97 Å². The van der Waals surface area contributed by atoms with E-state index in [-0.39, 0.29) is 17.0 Å². The van der Waals surface area contributed by atoms with Crippen molar-refractivity contribution in [2.24, 2.45) is 0 Å². The molecule has 0 unspecified atom stereocenters. The molecule has 0 aliphatic heterocycles. The fourth-order valence-corrected chi connectivity index (χ4v) is 3.01. The zero-order chi connectivity index (χ0) is 17.7. The van der Waals surface area contributed by atoms with Crippen LogP contribution in [0.4, 0.5) is 5.69 Å². The Balaban J connectivity index is 3.10. The Morgan fingerprint density at radius 1 is 1.39 bits per heavy atom. The van der Waals surface area contributed by atoms with Crippen LogP contribution < -0.4 is 4.72 Å². The molecule has 1 aromatic rings. The van der Waals surface area contributed by atoms with E-state index in [4.69, 9.17) is 0 Å². The van der Waals surface area contributed by atoms with Crippen molar-refractivity contribution < 1.29 is 28.0 Å². The first-order chi connectivity index (χ1) is 10.6. The third-order valence-corrected chi connectivity index (χ3v) is 4.54. The van der Waals surface area contributed by atoms with Crippen molar-refractivity contribution in [3.05, 3.63) is 46.5 Å². The summed E-state index contributed by atoms with van der Waals surface area (Å²) in [5.41, 5.74) is -2.17. The van der Waals surface area contributed by atoms with Gasteiger partial charge in [-0.25, -0.2) is 8.42 Å². The van der Waals surface area contributed by atoms with Crippen molar-refractivity contribution >= 4 is 28.0 Å². The summed E-state index contributed by atoms with van der Waals surface area (Å²) in [4.78, 5) is 31.1. The molecule has 1 rings (SSSR count). The molecule has 1 aromatic carbocycles. The number of carboxylic acids is 1. The lowest BCUT2D eigenvalue weighted by Gasteiger charge is -2.24. The van der Waals surface area contributed by atoms with Gasteiger partial charge in [-0.1, -0.05) is 6.08 Å². The van der Waals surface area contributed by atoms with Crippen LogP contribution in [0.3, 0.4) is 0 Å². The fraction of sp³-hybridized carbons (Fsp3) is 0.231. The average molecular weight is 342 g/mol. The monoisotopic (exact) mass is 342 g/mol. The number of hydrogen-bond donors (Lipinski definition) is 2. The first kappa shape index (κ1) is 18.5. The smallest absolute Gasteiger partial charge is 0.324 e. The van der Waals surface area contributed by atoms with Crippen molar-refractivity contribution in [1.82, 2.24) is 4.72 Å². The van der Waals surface area contributed by atoms with Crippen molar-refractivity contribution in [1.29, 1.82) is 0 Å². The number of carbonyl (C=O) groups excluding carboxylic acids is 1. The maximum atomic E-state index is 12.2. The molecule has 0 spiro atoms. The number of benzene rings is 1. The van der Waals surface area contributed by atoms with Crippen LogP contribution in [-0.2, 0) is 19.6 Å². The van der Waals surface area contributed by atoms with E-state index in [1.54, 1.807) is 0 Å². The lowest BCUT2D eigenvalue weighted by Crippen LogP contribution is -2.51. The number of carboxylic acid groups (broad SMARTS) is 1. The second-order valence-electron chi connectivity index (χ2n) is 4.76. The van der Waals surface area contributed by atoms with Crippen LogP contribution in [0.15, 0.2) is 41.3 Å². The zero-order valence-electron chi connectivity index (χ0n) is 12.0. The average Bonchev–Trinajstić information content (AvgIpc) is 2.47. The van der Waals surface area contributed by atoms with Gasteiger partial charge in [0.1, 0.15) is 11.8 Å². The molecule has 23 heavy (non-hydrogen) atoms. The fourth-order valence-electron chi connectivity index (χ4n) is 1.63. The van der Waals surface area contributed by atoms with Gasteiger partial charge in [-0.2, -0.15) is 4.72 Å². The molecular weight excluding hydrogens is 328 g/mol. The van der Waals surface area contributed by atoms with Gasteiger partial charge in [0.05, 0.1) is 9.82 Å². The van der Waals surface area contributed by atoms with E-state index < -0.39 is 26.5 Å². The number of non-ortho nitro benzene ring substituents is 1. The van der Waals surface area contributed by atoms with Crippen LogP contribution in [0.1, 0.15) is 13.3 Å². The number of sulfonamides is 1. The SMILES string of the molecule is C[C@@](CC=CC=O)(NS(=O)(=O)c1ccc([N+](=O)[O-])cc1)C(=O)O. The molecule has 0 radical (unpaired) electrons. The molecule has 0 heterocycles. The molecule has 9 nitrogen and oxygen atoms in total. The normalized spacial score (nSPS) is 14.3. The summed E-state index contributed by atoms with van der Waals surface area (Å²) in [5.74, 6) is -1.43. The number of carbonyl (C=O) groups is 2. The van der Waals surface area contributed by atoms with E-state index in [1.807, 2.05) is 4.72 Å². The van der Waals surface area contributed by atoms with E-state index in [2.05, 4.69) is 0 Å². The topological polar surface area (TPSA) is 144 Å². The van der Waals surface area contributed by atoms with Gasteiger partial charge in [0.15, 0.2) is 0 Å². The Bertz CT molecular complexity index is 740. The molecule has 0 saturated carbocycles. The number of nitrogens with zero attached hydrogens (tertiary/aromatic N) is 1. The van der Waals surface area contributed by atoms with Crippen molar-refractivity contribution in [3.8, 4) is 0 Å². The third-order valence-electron chi connectivity index (χ3n) is 2.93. The van der Waals surface area contributed by atoms with E-state index in [0.29, 0.717) is 6.29 Å². The minimum atomic E-state index is -4.22. The standard InChI is InChI=1S/C13H14N2O7S/c1-13(12(17)18,8-2-3-9-16)14-23(21,22)11-6-4-10(5-7-11)15(19)20/h2-7,9,14H,8H2,1H3,(H,17,18)/t13-/m0/s1. The number of nitrogens with one attached hydrogen (secondary N) is 1. The largest absolute Gasteiger partial charge is 0.480 e. The Kier molecular flexibility index (Phi) is 5.71. The van der Waals surface area contributed by atoms with Crippen LogP contribution in [0.25, 0.3) is 0 Å². The number of allylic oxidation sites excluding steroid dienone is 1. The molecule has 2 N–H and O–H groups in total. The Labute approximate surface area is 131 Å². The van der Waals surface area contributed by atoms with Crippen LogP contribution in [-0.4, -0.2) is 36.2 Å². The predicted octanol–water partition coefficient (Wildman–Crippen LogP) is 0.862. The quantitative estimate of drug-likeness (QED) is 0.308. The maximum absolute atomic E-state index is 12.2. The molecule has 0 bridgehead atoms. The molecular formula is C13H14N2O7S. The highest BCUT2D eigenvalue weighted by atomic mass is 32.2. The Morgan fingerprint density at radius 2 is 1.96 bits per heavy atom. The molecule has 1 atom stereocenters. The van der Waals surface area contributed by atoms with Crippen LogP contribution in [0.5, 0.6) is 0 Å². The van der Waals surface area contributed by atoms with Gasteiger partial charge < -0.3 is 5.11 Å². The summed E-state index contributed by atoms with van der Waals surface area (Å²) < 4.78 is 26.5. The van der Waals surface area contributed by atoms with Gasteiger partial charge in [0.2, 0.25) is 10.0 Å². The van der Waals surface area contributed by atoms with Gasteiger partial charge in [-0.3, -0.25) is 19.7 Å². The molecule has 0 aromatic heterocycles. The molecule has 0 fully saturated rings. The number of nitro groups is 1. The number of hydrogen-bond acceptors (Lipinski definition) is 6. The summed E-state index contributed by atoms with van der Waals surface area (Å²) in [7, 11) is -4.22. The Hall–Kier alpha value is -2.59. The summed E-state index contributed by atoms with van der Waals surface area (Å²) in [5, 5.41) is 19.8. The summed E-state index contributed by atoms with van der Waals surface area (Å²) in [6, 6.07) is 4.01. The van der Waals surface area contributed by atoms with Gasteiger partial charge in [0, 0.05) is 12.1 Å². The summed E-state index contributed by atoms with van der Waals surface area (Å²) in [6.07, 6.45) is 2.46. The lowest BCUT2D eigenvalue weighted by atomic mass is 10.00. The highest BCUT2D eigenvalue weighted by Crippen LogP contribution is 2.19. The molecule has 0 aliphatic carbocycles. The number of rotatable bonds is 8. The minimum Gasteiger partial charge on any atom is -0.480 e. The van der Waals surface area contributed by atoms with Crippen molar-refractivity contribution in [2.75, 3.05) is 0 Å². The minimum absolute atomic E-state index is 0.257. The molecule has 0 amide bonds. The second kappa shape index (κ2) is 7.11. The molecule has 0 saturated heterocycles. The van der Waals surface area contributed by atoms with Gasteiger partial charge in [-0.15, -0.1) is 0 Å². The van der Waals surface area contributed by atoms with Crippen LogP contribution in [0, 0.1) is 10.1 Å². The van der Waals surface area contributed by atoms with Crippen molar-refractivity contribution in [3.63, 3.8) is 0 Å². The lowest BCUT2D eigenvalue weighted by molar-refractivity contribution is -0.384. The molecule has 124 valence electrons. The summed E-state index contributed by atoms with van der Waals surface area (Å²) >= 11 is 0. The van der Waals surface area contributed by atoms with Gasteiger partial charge in [-0.05, 0) is 31.6 Å². The summed E-state index contributed by atoms with van der Waals surface area (Å²) in [6.45, 7) is 1.15. The maximum Gasteiger partial charge on any atom is 0.324 e. The van der Waals surface area contributed by atoms with E-state index in [1.165, 1.54) is 6.08 Å². The highest BCUT2D eigenvalue weighted by molar-refractivity contribution is 7.89. The van der Waals surface area contributed by atoms with Crippen molar-refractivity contribution in [2.45, 2.75) is 23.8 Å². The van der Waals surface area contributed by atoms with Crippen LogP contribution >= 0.6 is 0 Å². The van der Waals surface area contributed by atoms with E-state index >= 15 is 0 Å². The van der Waals surface area contributed by atoms with Gasteiger partial charge in [0.25, 0.3) is 5.69 Å². The highest BCUT2D eigenvalue weighted by Gasteiger charge is 2.37. The molecule has 0 aliphatic rings. The van der Waals surface area contributed by atoms with Crippen LogP contribution in [0.2, 0.25) is 0 Å². The van der Waals surface area contributed by atoms with E-state index in [0.717, 1.165) is 37.3 Å².